The fraction of sp³-hybridized carbons (Fsp3) is 0.650. The van der Waals surface area contributed by atoms with Crippen LogP contribution in [0, 0.1) is 0 Å². The van der Waals surface area contributed by atoms with E-state index < -0.39 is 0 Å². The third kappa shape index (κ3) is 5.58. The number of hydrogen-bond donors (Lipinski definition) is 1. The van der Waals surface area contributed by atoms with Gasteiger partial charge in [0.1, 0.15) is 0 Å². The number of amides is 1. The van der Waals surface area contributed by atoms with Gasteiger partial charge in [-0.3, -0.25) is 9.69 Å². The van der Waals surface area contributed by atoms with E-state index in [9.17, 15) is 4.79 Å². The Kier molecular flexibility index (Phi) is 8.83. The molecule has 5 nitrogen and oxygen atoms in total. The summed E-state index contributed by atoms with van der Waals surface area (Å²) in [5.41, 5.74) is 2.99. The van der Waals surface area contributed by atoms with Gasteiger partial charge in [-0.05, 0) is 30.4 Å². The number of carbonyl (C=O) groups excluding carboxylic acids is 1. The monoisotopic (exact) mass is 415 g/mol. The van der Waals surface area contributed by atoms with E-state index in [1.54, 1.807) is 0 Å². The summed E-state index contributed by atoms with van der Waals surface area (Å²) < 4.78 is 5.67. The maximum absolute atomic E-state index is 12.5. The Hall–Kier alpha value is -0.850. The lowest BCUT2D eigenvalue weighted by Gasteiger charge is -2.41. The predicted octanol–water partition coefficient (Wildman–Crippen LogP) is 2.26. The normalized spacial score (nSPS) is 23.7. The van der Waals surface area contributed by atoms with Gasteiger partial charge in [0.05, 0.1) is 19.1 Å². The van der Waals surface area contributed by atoms with Gasteiger partial charge >= 0.3 is 0 Å². The number of piperidine rings is 1. The lowest BCUT2D eigenvalue weighted by atomic mass is 9.95. The van der Waals surface area contributed by atoms with E-state index in [0.717, 1.165) is 65.1 Å². The molecule has 1 amide bonds. The zero-order valence-corrected chi connectivity index (χ0v) is 17.4. The molecule has 1 aromatic carbocycles. The summed E-state index contributed by atoms with van der Waals surface area (Å²) in [7, 11) is 0. The molecule has 3 aliphatic heterocycles. The van der Waals surface area contributed by atoms with Crippen LogP contribution in [0.5, 0.6) is 0 Å². The van der Waals surface area contributed by atoms with Crippen molar-refractivity contribution in [3.63, 3.8) is 0 Å². The van der Waals surface area contributed by atoms with Crippen LogP contribution in [-0.2, 0) is 22.5 Å². The van der Waals surface area contributed by atoms with Crippen molar-refractivity contribution in [1.82, 2.24) is 15.1 Å². The average Bonchev–Trinajstić information content (AvgIpc) is 2.68. The van der Waals surface area contributed by atoms with Crippen molar-refractivity contribution >= 4 is 30.7 Å². The SMILES string of the molecule is Cl.Cl.O=C(CC1CNCCO1)N1CCC(N2CCc3ccccc3C2)CC1. The molecule has 0 spiro atoms. The van der Waals surface area contributed by atoms with Crippen LogP contribution in [0.1, 0.15) is 30.4 Å². The van der Waals surface area contributed by atoms with E-state index in [4.69, 9.17) is 4.74 Å². The molecule has 27 heavy (non-hydrogen) atoms. The van der Waals surface area contributed by atoms with E-state index in [0.29, 0.717) is 12.5 Å². The molecule has 1 N–H and O–H groups in total. The number of ether oxygens (including phenoxy) is 1. The highest BCUT2D eigenvalue weighted by Gasteiger charge is 2.30. The predicted molar refractivity (Wildman–Crippen MR) is 112 cm³/mol. The second-order valence-corrected chi connectivity index (χ2v) is 7.50. The minimum Gasteiger partial charge on any atom is -0.375 e. The Bertz CT molecular complexity index is 603. The Morgan fingerprint density at radius 1 is 1.11 bits per heavy atom. The summed E-state index contributed by atoms with van der Waals surface area (Å²) in [5, 5.41) is 3.30. The average molecular weight is 416 g/mol. The molecule has 7 heteroatoms. The number of nitrogens with one attached hydrogen (secondary N) is 1. The molecular weight excluding hydrogens is 385 g/mol. The second-order valence-electron chi connectivity index (χ2n) is 7.50. The molecule has 0 aliphatic carbocycles. The minimum absolute atomic E-state index is 0. The van der Waals surface area contributed by atoms with Crippen molar-refractivity contribution in [1.29, 1.82) is 0 Å². The highest BCUT2D eigenvalue weighted by atomic mass is 35.5. The number of rotatable bonds is 3. The van der Waals surface area contributed by atoms with Gasteiger partial charge in [0, 0.05) is 45.3 Å². The van der Waals surface area contributed by atoms with Crippen LogP contribution >= 0.6 is 24.8 Å². The summed E-state index contributed by atoms with van der Waals surface area (Å²) in [6.07, 6.45) is 3.92. The molecule has 152 valence electrons. The van der Waals surface area contributed by atoms with Gasteiger partial charge in [0.25, 0.3) is 0 Å². The molecule has 0 aromatic heterocycles. The number of hydrogen-bond acceptors (Lipinski definition) is 4. The van der Waals surface area contributed by atoms with Crippen LogP contribution in [-0.4, -0.2) is 67.2 Å². The Morgan fingerprint density at radius 3 is 2.56 bits per heavy atom. The number of benzene rings is 1. The van der Waals surface area contributed by atoms with Crippen LogP contribution in [0.4, 0.5) is 0 Å². The Labute approximate surface area is 174 Å². The van der Waals surface area contributed by atoms with Crippen LogP contribution in [0.25, 0.3) is 0 Å². The second kappa shape index (κ2) is 10.6. The standard InChI is InChI=1S/C20H29N3O2.2ClH/c24-20(13-19-14-21-8-12-25-19)22-10-6-18(7-11-22)23-9-5-16-3-1-2-4-17(16)15-23;;/h1-4,18-19,21H,5-15H2;2*1H. The highest BCUT2D eigenvalue weighted by molar-refractivity contribution is 5.85. The first-order chi connectivity index (χ1) is 12.3. The van der Waals surface area contributed by atoms with Crippen molar-refractivity contribution in [3.05, 3.63) is 35.4 Å². The first-order valence-corrected chi connectivity index (χ1v) is 9.70. The Balaban J connectivity index is 0.00000131. The topological polar surface area (TPSA) is 44.8 Å². The zero-order valence-electron chi connectivity index (χ0n) is 15.8. The van der Waals surface area contributed by atoms with Gasteiger partial charge in [0.2, 0.25) is 5.91 Å². The molecule has 0 bridgehead atoms. The highest BCUT2D eigenvalue weighted by Crippen LogP contribution is 2.25. The van der Waals surface area contributed by atoms with Gasteiger partial charge in [-0.25, -0.2) is 0 Å². The van der Waals surface area contributed by atoms with Crippen LogP contribution in [0.2, 0.25) is 0 Å². The summed E-state index contributed by atoms with van der Waals surface area (Å²) >= 11 is 0. The van der Waals surface area contributed by atoms with Gasteiger partial charge in [0.15, 0.2) is 0 Å². The number of morpholine rings is 1. The molecule has 3 aliphatic rings. The molecule has 3 heterocycles. The van der Waals surface area contributed by atoms with E-state index >= 15 is 0 Å². The largest absolute Gasteiger partial charge is 0.375 e. The smallest absolute Gasteiger partial charge is 0.225 e. The van der Waals surface area contributed by atoms with E-state index in [1.807, 2.05) is 4.90 Å². The lowest BCUT2D eigenvalue weighted by Crippen LogP contribution is -2.49. The maximum Gasteiger partial charge on any atom is 0.225 e. The zero-order chi connectivity index (χ0) is 17.1. The number of halogens is 2. The van der Waals surface area contributed by atoms with Crippen LogP contribution in [0.15, 0.2) is 24.3 Å². The first kappa shape index (κ1) is 22.4. The molecular formula is C20H31Cl2N3O2. The Morgan fingerprint density at radius 2 is 1.85 bits per heavy atom. The number of nitrogens with zero attached hydrogens (tertiary/aromatic N) is 2. The molecule has 4 rings (SSSR count). The third-order valence-corrected chi connectivity index (χ3v) is 5.90. The maximum atomic E-state index is 12.5. The van der Waals surface area contributed by atoms with Gasteiger partial charge in [-0.2, -0.15) is 0 Å². The van der Waals surface area contributed by atoms with E-state index in [2.05, 4.69) is 34.5 Å². The van der Waals surface area contributed by atoms with Crippen molar-refractivity contribution < 1.29 is 9.53 Å². The molecule has 0 saturated carbocycles. The van der Waals surface area contributed by atoms with Gasteiger partial charge in [-0.15, -0.1) is 24.8 Å². The molecule has 1 unspecified atom stereocenters. The number of fused-ring (bicyclic) bond motifs is 1. The van der Waals surface area contributed by atoms with Crippen molar-refractivity contribution in [2.24, 2.45) is 0 Å². The molecule has 1 atom stereocenters. The lowest BCUT2D eigenvalue weighted by molar-refractivity contribution is -0.136. The van der Waals surface area contributed by atoms with E-state index in [1.165, 1.54) is 11.1 Å². The summed E-state index contributed by atoms with van der Waals surface area (Å²) in [5.74, 6) is 0.260. The molecule has 2 fully saturated rings. The molecule has 0 radical (unpaired) electrons. The number of carbonyl (C=O) groups is 1. The van der Waals surface area contributed by atoms with Crippen LogP contribution in [0.3, 0.4) is 0 Å². The summed E-state index contributed by atoms with van der Waals surface area (Å²) in [6, 6.07) is 9.43. The number of likely N-dealkylation sites (tertiary alicyclic amines) is 1. The minimum atomic E-state index is 0. The fourth-order valence-electron chi connectivity index (χ4n) is 4.38. The van der Waals surface area contributed by atoms with Crippen molar-refractivity contribution in [3.8, 4) is 0 Å². The van der Waals surface area contributed by atoms with Crippen molar-refractivity contribution in [2.45, 2.75) is 44.4 Å². The summed E-state index contributed by atoms with van der Waals surface area (Å²) in [4.78, 5) is 17.2. The molecule has 2 saturated heterocycles. The van der Waals surface area contributed by atoms with Gasteiger partial charge < -0.3 is 15.0 Å². The fourth-order valence-corrected chi connectivity index (χ4v) is 4.38. The molecule has 1 aromatic rings. The summed E-state index contributed by atoms with van der Waals surface area (Å²) in [6.45, 7) is 6.41. The van der Waals surface area contributed by atoms with Crippen LogP contribution < -0.4 is 5.32 Å². The van der Waals surface area contributed by atoms with Gasteiger partial charge in [-0.1, -0.05) is 24.3 Å². The first-order valence-electron chi connectivity index (χ1n) is 9.70. The quantitative estimate of drug-likeness (QED) is 0.821. The third-order valence-electron chi connectivity index (χ3n) is 5.90. The van der Waals surface area contributed by atoms with Crippen molar-refractivity contribution in [2.75, 3.05) is 39.3 Å². The van der Waals surface area contributed by atoms with E-state index in [-0.39, 0.29) is 36.8 Å².